The predicted molar refractivity (Wildman–Crippen MR) is 103 cm³/mol. The first-order valence-electron chi connectivity index (χ1n) is 10.3. The monoisotopic (exact) mass is 370 g/mol. The molecule has 0 N–H and O–H groups in total. The van der Waals surface area contributed by atoms with Crippen LogP contribution >= 0.6 is 0 Å². The van der Waals surface area contributed by atoms with E-state index in [9.17, 15) is 9.59 Å². The Bertz CT molecular complexity index is 698. The van der Waals surface area contributed by atoms with E-state index in [2.05, 4.69) is 9.80 Å². The number of methoxy groups -OCH3 is 1. The second kappa shape index (κ2) is 7.63. The maximum atomic E-state index is 13.2. The molecule has 0 radical (unpaired) electrons. The smallest absolute Gasteiger partial charge is 0.337 e. The highest BCUT2D eigenvalue weighted by molar-refractivity contribution is 5.89. The summed E-state index contributed by atoms with van der Waals surface area (Å²) >= 11 is 0. The van der Waals surface area contributed by atoms with Crippen LogP contribution in [0, 0.1) is 11.3 Å². The number of likely N-dealkylation sites (tertiary alicyclic amines) is 2. The molecule has 0 bridgehead atoms. The third-order valence-electron chi connectivity index (χ3n) is 6.74. The van der Waals surface area contributed by atoms with E-state index >= 15 is 0 Å². The lowest BCUT2D eigenvalue weighted by molar-refractivity contribution is -0.146. The summed E-state index contributed by atoms with van der Waals surface area (Å²) in [5.41, 5.74) is 1.59. The first kappa shape index (κ1) is 18.5. The third-order valence-corrected chi connectivity index (χ3v) is 6.74. The van der Waals surface area contributed by atoms with Gasteiger partial charge in [0.1, 0.15) is 0 Å². The Balaban J connectivity index is 1.37. The molecule has 4 rings (SSSR count). The number of hydrogen-bond acceptors (Lipinski definition) is 4. The van der Waals surface area contributed by atoms with Crippen LogP contribution in [0.15, 0.2) is 24.3 Å². The number of carbonyl (C=O) groups is 2. The molecule has 2 saturated heterocycles. The predicted octanol–water partition coefficient (Wildman–Crippen LogP) is 3.09. The highest BCUT2D eigenvalue weighted by Gasteiger charge is 2.48. The number of amides is 1. The summed E-state index contributed by atoms with van der Waals surface area (Å²) in [5.74, 6) is 0.847. The van der Waals surface area contributed by atoms with Gasteiger partial charge in [0.05, 0.1) is 18.1 Å². The SMILES string of the molecule is COC(=O)c1ccc(CN2CC[C@]3(CCCN(CC4CCC4)C3=O)C2)cc1. The van der Waals surface area contributed by atoms with E-state index in [0.717, 1.165) is 57.9 Å². The lowest BCUT2D eigenvalue weighted by atomic mass is 9.77. The van der Waals surface area contributed by atoms with Gasteiger partial charge >= 0.3 is 5.97 Å². The highest BCUT2D eigenvalue weighted by Crippen LogP contribution is 2.41. The number of benzene rings is 1. The summed E-state index contributed by atoms with van der Waals surface area (Å²) in [6, 6.07) is 7.61. The lowest BCUT2D eigenvalue weighted by Gasteiger charge is -2.42. The summed E-state index contributed by atoms with van der Waals surface area (Å²) in [6.45, 7) is 4.61. The molecule has 1 aromatic rings. The number of piperidine rings is 1. The molecule has 1 spiro atoms. The molecular formula is C22H30N2O3. The fraction of sp³-hybridized carbons (Fsp3) is 0.636. The first-order chi connectivity index (χ1) is 13.1. The van der Waals surface area contributed by atoms with Gasteiger partial charge in [-0.05, 0) is 62.3 Å². The third kappa shape index (κ3) is 3.75. The molecule has 2 heterocycles. The minimum Gasteiger partial charge on any atom is -0.465 e. The van der Waals surface area contributed by atoms with Crippen LogP contribution < -0.4 is 0 Å². The highest BCUT2D eigenvalue weighted by atomic mass is 16.5. The van der Waals surface area contributed by atoms with Gasteiger partial charge in [0.25, 0.3) is 0 Å². The van der Waals surface area contributed by atoms with Gasteiger partial charge in [0.15, 0.2) is 0 Å². The molecule has 27 heavy (non-hydrogen) atoms. The molecule has 0 unspecified atom stereocenters. The van der Waals surface area contributed by atoms with Crippen molar-refractivity contribution in [2.75, 3.05) is 33.3 Å². The van der Waals surface area contributed by atoms with E-state index in [0.29, 0.717) is 11.5 Å². The summed E-state index contributed by atoms with van der Waals surface area (Å²) < 4.78 is 4.75. The Kier molecular flexibility index (Phi) is 5.22. The summed E-state index contributed by atoms with van der Waals surface area (Å²) in [4.78, 5) is 29.4. The molecule has 2 aliphatic heterocycles. The van der Waals surface area contributed by atoms with Gasteiger partial charge in [0.2, 0.25) is 5.91 Å². The van der Waals surface area contributed by atoms with Crippen molar-refractivity contribution >= 4 is 11.9 Å². The number of nitrogens with zero attached hydrogens (tertiary/aromatic N) is 2. The second-order valence-corrected chi connectivity index (χ2v) is 8.58. The lowest BCUT2D eigenvalue weighted by Crippen LogP contribution is -2.51. The maximum absolute atomic E-state index is 13.2. The fourth-order valence-electron chi connectivity index (χ4n) is 4.91. The van der Waals surface area contributed by atoms with Gasteiger partial charge in [-0.1, -0.05) is 18.6 Å². The Morgan fingerprint density at radius 1 is 1.15 bits per heavy atom. The zero-order valence-corrected chi connectivity index (χ0v) is 16.3. The van der Waals surface area contributed by atoms with E-state index in [-0.39, 0.29) is 11.4 Å². The number of carbonyl (C=O) groups excluding carboxylic acids is 2. The molecule has 1 atom stereocenters. The van der Waals surface area contributed by atoms with E-state index in [1.807, 2.05) is 24.3 Å². The van der Waals surface area contributed by atoms with E-state index in [4.69, 9.17) is 4.74 Å². The van der Waals surface area contributed by atoms with Crippen molar-refractivity contribution < 1.29 is 14.3 Å². The van der Waals surface area contributed by atoms with Crippen molar-refractivity contribution in [1.29, 1.82) is 0 Å². The summed E-state index contributed by atoms with van der Waals surface area (Å²) in [5, 5.41) is 0. The van der Waals surface area contributed by atoms with Crippen LogP contribution in [0.1, 0.15) is 54.4 Å². The van der Waals surface area contributed by atoms with Gasteiger partial charge < -0.3 is 9.64 Å². The average Bonchev–Trinajstić information content (AvgIpc) is 3.05. The molecule has 3 fully saturated rings. The van der Waals surface area contributed by atoms with Crippen LogP contribution in [0.2, 0.25) is 0 Å². The number of hydrogen-bond donors (Lipinski definition) is 0. The largest absolute Gasteiger partial charge is 0.465 e. The van der Waals surface area contributed by atoms with Crippen LogP contribution in [-0.4, -0.2) is 55.0 Å². The molecule has 1 amide bonds. The summed E-state index contributed by atoms with van der Waals surface area (Å²) in [6.07, 6.45) is 7.08. The van der Waals surface area contributed by atoms with E-state index < -0.39 is 0 Å². The van der Waals surface area contributed by atoms with E-state index in [1.165, 1.54) is 31.9 Å². The number of ether oxygens (including phenoxy) is 1. The van der Waals surface area contributed by atoms with Crippen molar-refractivity contribution in [2.24, 2.45) is 11.3 Å². The van der Waals surface area contributed by atoms with Crippen molar-refractivity contribution in [3.8, 4) is 0 Å². The fourth-order valence-corrected chi connectivity index (χ4v) is 4.91. The van der Waals surface area contributed by atoms with Crippen LogP contribution in [0.4, 0.5) is 0 Å². The Morgan fingerprint density at radius 3 is 2.59 bits per heavy atom. The van der Waals surface area contributed by atoms with E-state index in [1.54, 1.807) is 0 Å². The Morgan fingerprint density at radius 2 is 1.93 bits per heavy atom. The minimum atomic E-state index is -0.305. The van der Waals surface area contributed by atoms with Crippen molar-refractivity contribution in [1.82, 2.24) is 9.80 Å². The van der Waals surface area contributed by atoms with Crippen LogP contribution in [0.3, 0.4) is 0 Å². The summed E-state index contributed by atoms with van der Waals surface area (Å²) in [7, 11) is 1.40. The van der Waals surface area contributed by atoms with Crippen LogP contribution in [0.25, 0.3) is 0 Å². The molecule has 1 aromatic carbocycles. The standard InChI is InChI=1S/C22H30N2O3/c1-27-20(25)19-8-6-18(7-9-19)14-23-13-11-22(16-23)10-3-12-24(21(22)26)15-17-4-2-5-17/h6-9,17H,2-5,10-16H2,1H3/t22-/m1/s1. The minimum absolute atomic E-state index is 0.159. The maximum Gasteiger partial charge on any atom is 0.337 e. The second-order valence-electron chi connectivity index (χ2n) is 8.58. The molecule has 0 aromatic heterocycles. The molecule has 1 aliphatic carbocycles. The van der Waals surface area contributed by atoms with Gasteiger partial charge in [-0.25, -0.2) is 4.79 Å². The number of rotatable bonds is 5. The van der Waals surface area contributed by atoms with Gasteiger partial charge in [-0.2, -0.15) is 0 Å². The van der Waals surface area contributed by atoms with Gasteiger partial charge in [0, 0.05) is 26.2 Å². The Hall–Kier alpha value is -1.88. The van der Waals surface area contributed by atoms with Crippen LogP contribution in [-0.2, 0) is 16.1 Å². The van der Waals surface area contributed by atoms with Crippen molar-refractivity contribution in [3.63, 3.8) is 0 Å². The average molecular weight is 370 g/mol. The number of esters is 1. The molecule has 1 saturated carbocycles. The normalized spacial score (nSPS) is 26.4. The van der Waals surface area contributed by atoms with Gasteiger partial charge in [-0.3, -0.25) is 9.69 Å². The molecule has 3 aliphatic rings. The quantitative estimate of drug-likeness (QED) is 0.748. The Labute approximate surface area is 161 Å². The van der Waals surface area contributed by atoms with Crippen molar-refractivity contribution in [2.45, 2.75) is 45.1 Å². The zero-order chi connectivity index (χ0) is 18.9. The zero-order valence-electron chi connectivity index (χ0n) is 16.3. The molecule has 5 nitrogen and oxygen atoms in total. The molecule has 5 heteroatoms. The van der Waals surface area contributed by atoms with Crippen molar-refractivity contribution in [3.05, 3.63) is 35.4 Å². The van der Waals surface area contributed by atoms with Crippen LogP contribution in [0.5, 0.6) is 0 Å². The topological polar surface area (TPSA) is 49.9 Å². The molecular weight excluding hydrogens is 340 g/mol. The molecule has 146 valence electrons. The van der Waals surface area contributed by atoms with Gasteiger partial charge in [-0.15, -0.1) is 0 Å². The first-order valence-corrected chi connectivity index (χ1v) is 10.3.